The van der Waals surface area contributed by atoms with Gasteiger partial charge in [-0.1, -0.05) is 60.7 Å². The summed E-state index contributed by atoms with van der Waals surface area (Å²) in [5.41, 5.74) is 2.53. The van der Waals surface area contributed by atoms with Crippen LogP contribution in [-0.4, -0.2) is 68.1 Å². The molecule has 6 nitrogen and oxygen atoms in total. The molecule has 1 aliphatic carbocycles. The van der Waals surface area contributed by atoms with Crippen LogP contribution in [0.15, 0.2) is 60.7 Å². The molecule has 31 heavy (non-hydrogen) atoms. The maximum Gasteiger partial charge on any atom is 0.226 e. The Balaban J connectivity index is 1.35. The van der Waals surface area contributed by atoms with Gasteiger partial charge < -0.3 is 15.0 Å². The number of piperazine rings is 1. The Morgan fingerprint density at radius 3 is 2.06 bits per heavy atom. The van der Waals surface area contributed by atoms with Crippen molar-refractivity contribution < 1.29 is 14.3 Å². The van der Waals surface area contributed by atoms with E-state index in [9.17, 15) is 9.59 Å². The molecule has 1 saturated carbocycles. The first kappa shape index (κ1) is 21.5. The standard InChI is InChI=1S/C25H31N3O3/c1-31-17-12-26-24(29)21-18-22(21)25(30)28-15-13-27(14-16-28)23(19-8-4-2-5-9-19)20-10-6-3-7-11-20/h2-11,21-23H,12-18H2,1H3,(H,26,29)/t21-,22-/m0/s1. The molecule has 2 aliphatic rings. The quantitative estimate of drug-likeness (QED) is 0.665. The van der Waals surface area contributed by atoms with Gasteiger partial charge in [0.2, 0.25) is 11.8 Å². The molecule has 6 heteroatoms. The van der Waals surface area contributed by atoms with Gasteiger partial charge in [0.05, 0.1) is 24.5 Å². The Bertz CT molecular complexity index is 827. The SMILES string of the molecule is COCCNC(=O)[C@H]1C[C@@H]1C(=O)N1CCN(C(c2ccccc2)c2ccccc2)CC1. The van der Waals surface area contributed by atoms with Gasteiger partial charge in [-0.15, -0.1) is 0 Å². The molecule has 2 amide bonds. The zero-order valence-electron chi connectivity index (χ0n) is 18.1. The van der Waals surface area contributed by atoms with Crippen molar-refractivity contribution in [2.45, 2.75) is 12.5 Å². The van der Waals surface area contributed by atoms with Crippen LogP contribution in [0.2, 0.25) is 0 Å². The van der Waals surface area contributed by atoms with Crippen LogP contribution in [0, 0.1) is 11.8 Å². The molecule has 1 saturated heterocycles. The molecule has 1 heterocycles. The van der Waals surface area contributed by atoms with Gasteiger partial charge in [0, 0.05) is 39.8 Å². The lowest BCUT2D eigenvalue weighted by molar-refractivity contribution is -0.136. The number of rotatable bonds is 8. The second-order valence-corrected chi connectivity index (χ2v) is 8.32. The summed E-state index contributed by atoms with van der Waals surface area (Å²) in [5.74, 6) is -0.235. The molecule has 0 bridgehead atoms. The number of carbonyl (C=O) groups is 2. The Labute approximate surface area is 184 Å². The Kier molecular flexibility index (Phi) is 6.99. The van der Waals surface area contributed by atoms with E-state index in [2.05, 4.69) is 58.7 Å². The summed E-state index contributed by atoms with van der Waals surface area (Å²) in [5, 5.41) is 2.85. The smallest absolute Gasteiger partial charge is 0.226 e. The molecule has 2 fully saturated rings. The number of carbonyl (C=O) groups excluding carboxylic acids is 2. The fourth-order valence-corrected chi connectivity index (χ4v) is 4.48. The average molecular weight is 422 g/mol. The van der Waals surface area contributed by atoms with Crippen molar-refractivity contribution in [2.75, 3.05) is 46.4 Å². The van der Waals surface area contributed by atoms with Crippen LogP contribution < -0.4 is 5.32 Å². The molecular formula is C25H31N3O3. The molecular weight excluding hydrogens is 390 g/mol. The first-order chi connectivity index (χ1) is 15.2. The number of hydrogen-bond donors (Lipinski definition) is 1. The Morgan fingerprint density at radius 1 is 0.935 bits per heavy atom. The minimum atomic E-state index is -0.177. The third kappa shape index (κ3) is 5.14. The first-order valence-corrected chi connectivity index (χ1v) is 11.1. The highest BCUT2D eigenvalue weighted by molar-refractivity contribution is 5.92. The average Bonchev–Trinajstić information content (AvgIpc) is 3.62. The zero-order valence-corrected chi connectivity index (χ0v) is 18.1. The van der Waals surface area contributed by atoms with Crippen LogP contribution in [0.3, 0.4) is 0 Å². The van der Waals surface area contributed by atoms with Crippen LogP contribution in [0.25, 0.3) is 0 Å². The van der Waals surface area contributed by atoms with Gasteiger partial charge in [-0.2, -0.15) is 0 Å². The number of nitrogens with one attached hydrogen (secondary N) is 1. The maximum atomic E-state index is 12.9. The van der Waals surface area contributed by atoms with E-state index >= 15 is 0 Å². The van der Waals surface area contributed by atoms with Gasteiger partial charge >= 0.3 is 0 Å². The van der Waals surface area contributed by atoms with Crippen molar-refractivity contribution in [3.63, 3.8) is 0 Å². The molecule has 1 N–H and O–H groups in total. The topological polar surface area (TPSA) is 61.9 Å². The van der Waals surface area contributed by atoms with Crippen molar-refractivity contribution in [3.05, 3.63) is 71.8 Å². The summed E-state index contributed by atoms with van der Waals surface area (Å²) >= 11 is 0. The van der Waals surface area contributed by atoms with Crippen LogP contribution in [0.4, 0.5) is 0 Å². The number of methoxy groups -OCH3 is 1. The van der Waals surface area contributed by atoms with Gasteiger partial charge in [0.1, 0.15) is 0 Å². The van der Waals surface area contributed by atoms with Gasteiger partial charge in [-0.25, -0.2) is 0 Å². The predicted molar refractivity (Wildman–Crippen MR) is 119 cm³/mol. The predicted octanol–water partition coefficient (Wildman–Crippen LogP) is 2.32. The number of nitrogens with zero attached hydrogens (tertiary/aromatic N) is 2. The Morgan fingerprint density at radius 2 is 1.52 bits per heavy atom. The molecule has 0 unspecified atom stereocenters. The zero-order chi connectivity index (χ0) is 21.6. The summed E-state index contributed by atoms with van der Waals surface area (Å²) in [6.45, 7) is 4.01. The van der Waals surface area contributed by atoms with Crippen molar-refractivity contribution >= 4 is 11.8 Å². The lowest BCUT2D eigenvalue weighted by Crippen LogP contribution is -2.50. The van der Waals surface area contributed by atoms with Crippen molar-refractivity contribution in [3.8, 4) is 0 Å². The third-order valence-electron chi connectivity index (χ3n) is 6.27. The minimum absolute atomic E-state index is 0.0257. The van der Waals surface area contributed by atoms with Gasteiger partial charge in [-0.05, 0) is 17.5 Å². The van der Waals surface area contributed by atoms with E-state index in [4.69, 9.17) is 4.74 Å². The van der Waals surface area contributed by atoms with Crippen LogP contribution in [0.1, 0.15) is 23.6 Å². The van der Waals surface area contributed by atoms with E-state index in [0.717, 1.165) is 13.1 Å². The van der Waals surface area contributed by atoms with Gasteiger partial charge in [0.25, 0.3) is 0 Å². The molecule has 2 aromatic rings. The third-order valence-corrected chi connectivity index (χ3v) is 6.27. The van der Waals surface area contributed by atoms with E-state index in [1.165, 1.54) is 11.1 Å². The number of hydrogen-bond acceptors (Lipinski definition) is 4. The highest BCUT2D eigenvalue weighted by Crippen LogP contribution is 2.40. The normalized spacial score (nSPS) is 21.2. The fourth-order valence-electron chi connectivity index (χ4n) is 4.48. The van der Waals surface area contributed by atoms with E-state index in [1.807, 2.05) is 17.0 Å². The number of ether oxygens (including phenoxy) is 1. The summed E-state index contributed by atoms with van der Waals surface area (Å²) in [4.78, 5) is 29.5. The van der Waals surface area contributed by atoms with Crippen LogP contribution >= 0.6 is 0 Å². The second kappa shape index (κ2) is 10.1. The van der Waals surface area contributed by atoms with Gasteiger partial charge in [-0.3, -0.25) is 14.5 Å². The molecule has 0 spiro atoms. The van der Waals surface area contributed by atoms with Crippen molar-refractivity contribution in [2.24, 2.45) is 11.8 Å². The molecule has 2 aromatic carbocycles. The molecule has 4 rings (SSSR count). The highest BCUT2D eigenvalue weighted by atomic mass is 16.5. The minimum Gasteiger partial charge on any atom is -0.383 e. The molecule has 0 aromatic heterocycles. The lowest BCUT2D eigenvalue weighted by Gasteiger charge is -2.40. The summed E-state index contributed by atoms with van der Waals surface area (Å²) in [7, 11) is 1.61. The second-order valence-electron chi connectivity index (χ2n) is 8.32. The van der Waals surface area contributed by atoms with E-state index in [1.54, 1.807) is 7.11 Å². The number of amides is 2. The van der Waals surface area contributed by atoms with Crippen LogP contribution in [0.5, 0.6) is 0 Å². The van der Waals surface area contributed by atoms with E-state index < -0.39 is 0 Å². The Hall–Kier alpha value is -2.70. The largest absolute Gasteiger partial charge is 0.383 e. The van der Waals surface area contributed by atoms with Crippen LogP contribution in [-0.2, 0) is 14.3 Å². The molecule has 164 valence electrons. The summed E-state index contributed by atoms with van der Waals surface area (Å²) < 4.78 is 4.96. The monoisotopic (exact) mass is 421 g/mol. The van der Waals surface area contributed by atoms with Crippen molar-refractivity contribution in [1.82, 2.24) is 15.1 Å². The lowest BCUT2D eigenvalue weighted by atomic mass is 9.96. The van der Waals surface area contributed by atoms with E-state index in [-0.39, 0.29) is 29.7 Å². The highest BCUT2D eigenvalue weighted by Gasteiger charge is 2.49. The van der Waals surface area contributed by atoms with Crippen molar-refractivity contribution in [1.29, 1.82) is 0 Å². The first-order valence-electron chi connectivity index (χ1n) is 11.1. The maximum absolute atomic E-state index is 12.9. The fraction of sp³-hybridized carbons (Fsp3) is 0.440. The molecule has 1 aliphatic heterocycles. The summed E-state index contributed by atoms with van der Waals surface area (Å²) in [6.07, 6.45) is 0.661. The van der Waals surface area contributed by atoms with E-state index in [0.29, 0.717) is 32.7 Å². The number of benzene rings is 2. The van der Waals surface area contributed by atoms with Gasteiger partial charge in [0.15, 0.2) is 0 Å². The molecule has 2 atom stereocenters. The summed E-state index contributed by atoms with van der Waals surface area (Å²) in [6, 6.07) is 21.3. The molecule has 0 radical (unpaired) electrons.